The lowest BCUT2D eigenvalue weighted by atomic mass is 9.80. The van der Waals surface area contributed by atoms with Crippen molar-refractivity contribution in [2.24, 2.45) is 11.5 Å². The predicted octanol–water partition coefficient (Wildman–Crippen LogP) is 18.5. The fraction of sp³-hybridized carbons (Fsp3) is 0.120. The molecule has 6 aromatic heterocycles. The summed E-state index contributed by atoms with van der Waals surface area (Å²) < 4.78 is 222. The van der Waals surface area contributed by atoms with E-state index in [1.54, 1.807) is 57.6 Å². The fourth-order valence-corrected chi connectivity index (χ4v) is 13.1. The number of alkyl halides is 9. The van der Waals surface area contributed by atoms with Gasteiger partial charge >= 0.3 is 25.6 Å². The number of carboxylic acids is 1. The Morgan fingerprint density at radius 3 is 1.24 bits per heavy atom. The lowest BCUT2D eigenvalue weighted by Crippen LogP contribution is -2.49. The minimum absolute atomic E-state index is 0.0908. The van der Waals surface area contributed by atoms with Crippen LogP contribution >= 0.6 is 44.2 Å². The summed E-state index contributed by atoms with van der Waals surface area (Å²) in [5, 5.41) is 41.0. The van der Waals surface area contributed by atoms with Crippen molar-refractivity contribution in [2.75, 3.05) is 29.0 Å². The molecule has 3 amide bonds. The van der Waals surface area contributed by atoms with Crippen molar-refractivity contribution < 1.29 is 110 Å². The van der Waals surface area contributed by atoms with Crippen molar-refractivity contribution in [3.05, 3.63) is 321 Å². The van der Waals surface area contributed by atoms with Crippen LogP contribution in [0.1, 0.15) is 71.8 Å². The summed E-state index contributed by atoms with van der Waals surface area (Å²) in [7, 11) is -1.97. The molecule has 0 unspecified atom stereocenters. The van der Waals surface area contributed by atoms with E-state index in [-0.39, 0.29) is 64.4 Å². The van der Waals surface area contributed by atoms with E-state index in [4.69, 9.17) is 31.4 Å². The number of nitrogens with one attached hydrogen (secondary N) is 3. The molecule has 15 rings (SSSR count). The number of aromatic nitrogens is 6. The third-order valence-corrected chi connectivity index (χ3v) is 18.9. The van der Waals surface area contributed by atoms with E-state index in [1.165, 1.54) is 95.5 Å². The zero-order chi connectivity index (χ0) is 89.7. The number of carbonyl (C=O) groups is 4. The molecule has 14 aromatic rings. The Labute approximate surface area is 710 Å². The number of halogens is 19. The van der Waals surface area contributed by atoms with Gasteiger partial charge in [-0.1, -0.05) is 36.4 Å². The number of pyridine rings is 3. The summed E-state index contributed by atoms with van der Waals surface area (Å²) in [5.41, 5.74) is 11.7. The maximum atomic E-state index is 14.7. The second kappa shape index (κ2) is 40.2. The van der Waals surface area contributed by atoms with Crippen LogP contribution in [0.5, 0.6) is 0 Å². The summed E-state index contributed by atoms with van der Waals surface area (Å²) in [4.78, 5) is 63.2. The number of fused-ring (bicyclic) bond motifs is 3. The smallest absolute Gasteiger partial charge is 0.481 e. The highest BCUT2D eigenvalue weighted by Crippen LogP contribution is 2.41. The molecule has 0 spiro atoms. The molecule has 1 aliphatic heterocycles. The molecule has 8 aromatic carbocycles. The number of hydrogen-bond donors (Lipinski definition) is 9. The number of aliphatic hydroxyl groups is 1. The average molecular weight is 1910 g/mol. The second-order valence-electron chi connectivity index (χ2n) is 26.4. The van der Waals surface area contributed by atoms with Crippen LogP contribution in [0, 0.1) is 40.7 Å². The Kier molecular flexibility index (Phi) is 30.5. The van der Waals surface area contributed by atoms with Gasteiger partial charge in [-0.25, -0.2) is 45.7 Å². The highest BCUT2D eigenvalue weighted by molar-refractivity contribution is 9.93. The van der Waals surface area contributed by atoms with E-state index < -0.39 is 129 Å². The lowest BCUT2D eigenvalue weighted by molar-refractivity contribution is -0.138. The highest BCUT2D eigenvalue weighted by atomic mass is 80.9. The number of nitrogens with zero attached hydrogens (tertiary/aromatic N) is 7. The topological polar surface area (TPSA) is 292 Å². The molecule has 20 nitrogen and oxygen atoms in total. The Bertz CT molecular complexity index is 6180. The van der Waals surface area contributed by atoms with Crippen LogP contribution in [-0.4, -0.2) is 103 Å². The van der Waals surface area contributed by atoms with Crippen molar-refractivity contribution in [2.45, 2.75) is 51.2 Å². The van der Waals surface area contributed by atoms with Crippen LogP contribution < -0.4 is 32.9 Å². The van der Waals surface area contributed by atoms with Gasteiger partial charge in [0.25, 0.3) is 23.7 Å². The number of imidazole rings is 3. The number of likely N-dealkylation sites (tertiary alicyclic amines) is 1. The van der Waals surface area contributed by atoms with Gasteiger partial charge in [-0.05, 0) is 196 Å². The summed E-state index contributed by atoms with van der Waals surface area (Å²) in [6, 6.07) is 40.6. The number of β-amino-alcohol motifs (C(OH)–C–C–N with tert-alkyl or cyclic N) is 1. The minimum atomic E-state index is -4.85. The largest absolute Gasteiger partial charge is 0.491 e. The molecule has 123 heavy (non-hydrogen) atoms. The first-order valence-electron chi connectivity index (χ1n) is 35.7. The number of aliphatic hydroxyl groups excluding tert-OH is 1. The van der Waals surface area contributed by atoms with Gasteiger partial charge < -0.3 is 52.1 Å². The standard InChI is InChI=1S/C28H18F6N4O.C25H20F4N4O2.C22H15BrF4N4O.C6H5BF2O2.C2H4O2.Br2/c29-16-7-9-17(10-8-16)36-27(39)20-13-15(6-11-21(20)28(32,33)34)18-4-2-12-38-25(23(14-35)37-26(18)38)19-3-1-5-22(30)24(19)31;26-16-4-6-17(7-5-16)31-24(35)21-10-15(3-8-22(21)25(27,28)29)20-2-1-9-33-12-18(30-23(20)33)11-32-13-19(34)14-32;23-19-18(11-28)30-20-15(2-1-9-31(19)20)12-3-8-17(22(25,26)27)16(10-12)21(32)29-14-6-4-13(24)5-7-14;8-5-3-1-2-4(6(5)9)7(10)11;1-2(3)4;1-2/h1-13H,14,35H2,(H,36,39);1-10,12,19,34H,11,13-14H2,(H,31,35);1-10H,11,28H2,(H,29,32);1-3,10-11H;1H3,(H,3,4);. The van der Waals surface area contributed by atoms with Gasteiger partial charge in [-0.3, -0.25) is 32.9 Å². The fourth-order valence-electron chi connectivity index (χ4n) is 12.5. The van der Waals surface area contributed by atoms with Crippen molar-refractivity contribution >= 4 is 114 Å². The van der Waals surface area contributed by atoms with Gasteiger partial charge in [0.05, 0.1) is 62.3 Å². The predicted molar refractivity (Wildman–Crippen MR) is 437 cm³/mol. The SMILES string of the molecule is BrBr.CC(=O)O.NCc1nc2c(-c3ccc(C(F)(F)F)c(C(=O)Nc4ccc(F)cc4)c3)cccn2c1-c1cccc(F)c1F.NCc1nc2c(-c3ccc(C(F)(F)F)c(C(=O)Nc4ccc(F)cc4)c3)cccn2c1Br.O=C(Nc1ccc(F)cc1)c1cc(-c2cccn3cc(CN4CC(O)C4)nc23)ccc1C(F)(F)F.OB(O)c1cccc(F)c1F. The lowest BCUT2D eigenvalue weighted by Gasteiger charge is -2.35. The number of benzene rings is 8. The molecule has 0 saturated carbocycles. The van der Waals surface area contributed by atoms with E-state index in [1.807, 2.05) is 11.1 Å². The molecule has 0 bridgehead atoms. The monoisotopic (exact) mass is 1910 g/mol. The van der Waals surface area contributed by atoms with Crippen molar-refractivity contribution in [1.29, 1.82) is 0 Å². The number of nitrogens with two attached hydrogens (primary N) is 2. The van der Waals surface area contributed by atoms with Crippen molar-refractivity contribution in [1.82, 2.24) is 33.1 Å². The average Bonchev–Trinajstić information content (AvgIpc) is 1.67. The Balaban J connectivity index is 0.000000177. The first-order chi connectivity index (χ1) is 58.3. The normalized spacial score (nSPS) is 12.1. The number of amides is 3. The highest BCUT2D eigenvalue weighted by Gasteiger charge is 2.39. The van der Waals surface area contributed by atoms with E-state index >= 15 is 0 Å². The zero-order valence-electron chi connectivity index (χ0n) is 62.9. The molecule has 40 heteroatoms. The molecule has 7 heterocycles. The van der Waals surface area contributed by atoms with Crippen LogP contribution in [0.15, 0.2) is 230 Å². The van der Waals surface area contributed by atoms with Crippen molar-refractivity contribution in [3.8, 4) is 44.6 Å². The van der Waals surface area contributed by atoms with Gasteiger partial charge in [0.1, 0.15) is 39.0 Å². The van der Waals surface area contributed by atoms with E-state index in [9.17, 15) is 89.7 Å². The van der Waals surface area contributed by atoms with E-state index in [2.05, 4.69) is 75.1 Å². The Morgan fingerprint density at radius 2 is 0.846 bits per heavy atom. The Morgan fingerprint density at radius 1 is 0.480 bits per heavy atom. The van der Waals surface area contributed by atoms with Gasteiger partial charge in [-0.2, -0.15) is 39.5 Å². The first kappa shape index (κ1) is 93.1. The number of aliphatic carboxylic acids is 1. The molecular formula is C83H62BBr3F16N12O8. The summed E-state index contributed by atoms with van der Waals surface area (Å²) >= 11 is 8.92. The molecule has 0 atom stereocenters. The molecule has 11 N–H and O–H groups in total. The molecule has 1 fully saturated rings. The summed E-state index contributed by atoms with van der Waals surface area (Å²) in [6.45, 7) is 2.78. The van der Waals surface area contributed by atoms with Crippen LogP contribution in [0.25, 0.3) is 61.6 Å². The quantitative estimate of drug-likeness (QED) is 0.0341. The number of carboxylic acid groups (broad SMARTS) is 1. The van der Waals surface area contributed by atoms with E-state index in [0.29, 0.717) is 69.0 Å². The number of carbonyl (C=O) groups excluding carboxylic acids is 3. The summed E-state index contributed by atoms with van der Waals surface area (Å²) in [6.07, 6.45) is -7.79. The van der Waals surface area contributed by atoms with Gasteiger partial charge in [0.15, 0.2) is 23.3 Å². The van der Waals surface area contributed by atoms with Gasteiger partial charge in [-0.15, -0.1) is 0 Å². The molecule has 1 aliphatic rings. The molecule has 638 valence electrons. The van der Waals surface area contributed by atoms with Crippen LogP contribution in [0.4, 0.5) is 87.3 Å². The van der Waals surface area contributed by atoms with E-state index in [0.717, 1.165) is 91.5 Å². The maximum Gasteiger partial charge on any atom is 0.491 e. The minimum Gasteiger partial charge on any atom is -0.481 e. The number of rotatable bonds is 15. The number of anilines is 3. The van der Waals surface area contributed by atoms with Gasteiger partial charge in [0.2, 0.25) is 0 Å². The van der Waals surface area contributed by atoms with Crippen LogP contribution in [0.3, 0.4) is 0 Å². The Hall–Kier alpha value is -12.1. The zero-order valence-corrected chi connectivity index (χ0v) is 67.7. The van der Waals surface area contributed by atoms with Crippen LogP contribution in [-0.2, 0) is 43.0 Å². The third kappa shape index (κ3) is 22.8. The third-order valence-electron chi connectivity index (χ3n) is 18.0. The molecule has 0 aliphatic carbocycles. The second-order valence-corrected chi connectivity index (χ2v) is 27.2. The molecule has 1 saturated heterocycles. The number of hydrogen-bond acceptors (Lipinski definition) is 13. The first-order valence-corrected chi connectivity index (χ1v) is 40.2. The van der Waals surface area contributed by atoms with Gasteiger partial charge in [0, 0.05) is 137 Å². The summed E-state index contributed by atoms with van der Waals surface area (Å²) in [5.74, 6) is -9.93. The van der Waals surface area contributed by atoms with Crippen molar-refractivity contribution in [3.63, 3.8) is 0 Å². The van der Waals surface area contributed by atoms with Crippen LogP contribution in [0.2, 0.25) is 0 Å². The molecular weight excluding hydrogens is 1850 g/mol. The maximum absolute atomic E-state index is 14.7. The molecule has 0 radical (unpaired) electrons.